The van der Waals surface area contributed by atoms with Crippen molar-refractivity contribution in [1.29, 1.82) is 0 Å². The molecule has 0 saturated heterocycles. The summed E-state index contributed by atoms with van der Waals surface area (Å²) < 4.78 is 0. The van der Waals surface area contributed by atoms with Gasteiger partial charge in [0.2, 0.25) is 5.28 Å². The fraction of sp³-hybridized carbons (Fsp3) is 0.286. The third kappa shape index (κ3) is 1.71. The maximum Gasteiger partial charge on any atom is 0.224 e. The van der Waals surface area contributed by atoms with Crippen LogP contribution in [0.3, 0.4) is 0 Å². The topological polar surface area (TPSA) is 64.2 Å². The highest BCUT2D eigenvalue weighted by atomic mass is 35.5. The normalized spacial score (nSPS) is 10.9. The molecule has 0 bridgehead atoms. The van der Waals surface area contributed by atoms with Crippen molar-refractivity contribution in [3.8, 4) is 0 Å². The lowest BCUT2D eigenvalue weighted by Gasteiger charge is -2.01. The highest BCUT2D eigenvalue weighted by molar-refractivity contribution is 6.28. The second-order valence-corrected chi connectivity index (χ2v) is 2.54. The van der Waals surface area contributed by atoms with Crippen LogP contribution >= 0.6 is 11.6 Å². The first-order valence-corrected chi connectivity index (χ1v) is 3.81. The predicted molar refractivity (Wildman–Crippen MR) is 50.0 cm³/mol. The zero-order chi connectivity index (χ0) is 9.14. The third-order valence-corrected chi connectivity index (χ3v) is 1.49. The summed E-state index contributed by atoms with van der Waals surface area (Å²) in [7, 11) is 0. The van der Waals surface area contributed by atoms with Crippen molar-refractivity contribution in [1.82, 2.24) is 9.97 Å². The van der Waals surface area contributed by atoms with Crippen LogP contribution in [0.1, 0.15) is 12.6 Å². The van der Waals surface area contributed by atoms with E-state index in [1.54, 1.807) is 20.1 Å². The molecule has 0 aromatic carbocycles. The maximum absolute atomic E-state index is 5.57. The average Bonchev–Trinajstić information content (AvgIpc) is 1.96. The molecular formula is C7H9ClN4. The van der Waals surface area contributed by atoms with Gasteiger partial charge in [-0.1, -0.05) is 0 Å². The molecule has 0 aliphatic carbocycles. The summed E-state index contributed by atoms with van der Waals surface area (Å²) in [6.07, 6.45) is 1.63. The molecule has 0 fully saturated rings. The molecule has 1 rings (SSSR count). The number of nitrogens with two attached hydrogens (primary N) is 1. The van der Waals surface area contributed by atoms with E-state index in [1.165, 1.54) is 0 Å². The quantitative estimate of drug-likeness (QED) is 0.534. The van der Waals surface area contributed by atoms with E-state index in [0.717, 1.165) is 0 Å². The lowest BCUT2D eigenvalue weighted by molar-refractivity contribution is 1.10. The summed E-state index contributed by atoms with van der Waals surface area (Å²) in [5, 5.41) is 0.153. The zero-order valence-electron chi connectivity index (χ0n) is 6.87. The summed E-state index contributed by atoms with van der Waals surface area (Å²) >= 11 is 5.57. The minimum atomic E-state index is 0.153. The molecule has 0 atom stereocenters. The van der Waals surface area contributed by atoms with Crippen LogP contribution in [0.4, 0.5) is 11.5 Å². The van der Waals surface area contributed by atoms with E-state index < -0.39 is 0 Å². The largest absolute Gasteiger partial charge is 0.382 e. The van der Waals surface area contributed by atoms with Crippen LogP contribution < -0.4 is 5.73 Å². The predicted octanol–water partition coefficient (Wildman–Crippen LogP) is 1.74. The molecule has 5 heteroatoms. The number of aryl methyl sites for hydroxylation is 1. The number of anilines is 1. The van der Waals surface area contributed by atoms with Gasteiger partial charge in [0.15, 0.2) is 5.82 Å². The number of aromatic nitrogens is 2. The number of halogens is 1. The van der Waals surface area contributed by atoms with Gasteiger partial charge in [-0.3, -0.25) is 4.99 Å². The zero-order valence-corrected chi connectivity index (χ0v) is 7.63. The van der Waals surface area contributed by atoms with E-state index >= 15 is 0 Å². The Bertz CT molecular complexity index is 298. The van der Waals surface area contributed by atoms with E-state index in [0.29, 0.717) is 17.2 Å². The van der Waals surface area contributed by atoms with Crippen LogP contribution in [0.5, 0.6) is 0 Å². The van der Waals surface area contributed by atoms with Gasteiger partial charge in [0, 0.05) is 6.21 Å². The lowest BCUT2D eigenvalue weighted by atomic mass is 10.3. The Kier molecular flexibility index (Phi) is 2.60. The van der Waals surface area contributed by atoms with Crippen LogP contribution in [0.2, 0.25) is 5.28 Å². The van der Waals surface area contributed by atoms with E-state index in [2.05, 4.69) is 15.0 Å². The van der Waals surface area contributed by atoms with Crippen molar-refractivity contribution >= 4 is 29.3 Å². The van der Waals surface area contributed by atoms with Crippen LogP contribution in [0.25, 0.3) is 0 Å². The van der Waals surface area contributed by atoms with E-state index in [4.69, 9.17) is 17.3 Å². The third-order valence-electron chi connectivity index (χ3n) is 1.32. The molecule has 0 spiro atoms. The van der Waals surface area contributed by atoms with Crippen LogP contribution in [0, 0.1) is 6.92 Å². The fourth-order valence-electron chi connectivity index (χ4n) is 0.843. The van der Waals surface area contributed by atoms with Crippen molar-refractivity contribution in [2.45, 2.75) is 13.8 Å². The van der Waals surface area contributed by atoms with Crippen molar-refractivity contribution in [2.24, 2.45) is 4.99 Å². The molecule has 0 unspecified atom stereocenters. The van der Waals surface area contributed by atoms with Gasteiger partial charge in [-0.05, 0) is 25.4 Å². The van der Waals surface area contributed by atoms with Crippen molar-refractivity contribution in [3.05, 3.63) is 11.0 Å². The fourth-order valence-corrected chi connectivity index (χ4v) is 1.06. The molecule has 12 heavy (non-hydrogen) atoms. The first-order valence-electron chi connectivity index (χ1n) is 3.43. The minimum Gasteiger partial charge on any atom is -0.382 e. The summed E-state index contributed by atoms with van der Waals surface area (Å²) in [6.45, 7) is 3.58. The Hall–Kier alpha value is -1.16. The number of aliphatic imine (C=N–C) groups is 1. The molecule has 64 valence electrons. The Balaban J connectivity index is 3.28. The lowest BCUT2D eigenvalue weighted by Crippen LogP contribution is -1.96. The second kappa shape index (κ2) is 3.49. The number of rotatable bonds is 1. The smallest absolute Gasteiger partial charge is 0.224 e. The molecule has 0 saturated carbocycles. The number of nitrogen functional groups attached to an aromatic ring is 1. The van der Waals surface area contributed by atoms with Gasteiger partial charge in [0.05, 0.1) is 5.69 Å². The molecule has 0 amide bonds. The van der Waals surface area contributed by atoms with E-state index in [-0.39, 0.29) is 5.28 Å². The highest BCUT2D eigenvalue weighted by Crippen LogP contribution is 2.23. The second-order valence-electron chi connectivity index (χ2n) is 2.20. The van der Waals surface area contributed by atoms with E-state index in [1.807, 2.05) is 0 Å². The molecule has 1 heterocycles. The maximum atomic E-state index is 5.57. The average molecular weight is 185 g/mol. The first kappa shape index (κ1) is 8.93. The first-order chi connectivity index (χ1) is 5.65. The van der Waals surface area contributed by atoms with Gasteiger partial charge < -0.3 is 5.73 Å². The molecule has 4 nitrogen and oxygen atoms in total. The molecule has 1 aromatic rings. The van der Waals surface area contributed by atoms with Crippen molar-refractivity contribution < 1.29 is 0 Å². The van der Waals surface area contributed by atoms with Gasteiger partial charge in [0.1, 0.15) is 5.69 Å². The van der Waals surface area contributed by atoms with Gasteiger partial charge >= 0.3 is 0 Å². The Labute approximate surface area is 75.5 Å². The van der Waals surface area contributed by atoms with Gasteiger partial charge in [-0.15, -0.1) is 0 Å². The van der Waals surface area contributed by atoms with Crippen LogP contribution in [0.15, 0.2) is 4.99 Å². The molecular weight excluding hydrogens is 176 g/mol. The summed E-state index contributed by atoms with van der Waals surface area (Å²) in [5.41, 5.74) is 6.83. The monoisotopic (exact) mass is 184 g/mol. The van der Waals surface area contributed by atoms with Gasteiger partial charge in [-0.25, -0.2) is 4.98 Å². The Morgan fingerprint density at radius 3 is 2.67 bits per heavy atom. The summed E-state index contributed by atoms with van der Waals surface area (Å²) in [4.78, 5) is 11.7. The number of hydrogen-bond acceptors (Lipinski definition) is 4. The molecule has 1 aromatic heterocycles. The van der Waals surface area contributed by atoms with Crippen molar-refractivity contribution in [3.63, 3.8) is 0 Å². The standard InChI is InChI=1S/C7H9ClN4/c1-3-10-5-4(2)11-7(8)12-6(5)9/h3H,1-2H3,(H2,9,11,12). The Morgan fingerprint density at radius 2 is 2.17 bits per heavy atom. The molecule has 2 N–H and O–H groups in total. The number of hydrogen-bond donors (Lipinski definition) is 1. The summed E-state index contributed by atoms with van der Waals surface area (Å²) in [5.74, 6) is 0.311. The number of nitrogens with zero attached hydrogens (tertiary/aromatic N) is 3. The Morgan fingerprint density at radius 1 is 1.50 bits per heavy atom. The highest BCUT2D eigenvalue weighted by Gasteiger charge is 2.05. The van der Waals surface area contributed by atoms with Crippen LogP contribution in [-0.4, -0.2) is 16.2 Å². The molecule has 0 radical (unpaired) electrons. The van der Waals surface area contributed by atoms with Crippen LogP contribution in [-0.2, 0) is 0 Å². The minimum absolute atomic E-state index is 0.153. The molecule has 0 aliphatic heterocycles. The van der Waals surface area contributed by atoms with E-state index in [9.17, 15) is 0 Å². The summed E-state index contributed by atoms with van der Waals surface area (Å²) in [6, 6.07) is 0. The SMILES string of the molecule is CC=Nc1c(C)nc(Cl)nc1N. The van der Waals surface area contributed by atoms with Crippen molar-refractivity contribution in [2.75, 3.05) is 5.73 Å². The molecule has 0 aliphatic rings. The van der Waals surface area contributed by atoms with Gasteiger partial charge in [-0.2, -0.15) is 4.98 Å². The van der Waals surface area contributed by atoms with Gasteiger partial charge in [0.25, 0.3) is 0 Å².